The van der Waals surface area contributed by atoms with Crippen LogP contribution in [0.4, 0.5) is 10.1 Å². The van der Waals surface area contributed by atoms with Crippen molar-refractivity contribution in [2.45, 2.75) is 39.2 Å². The Morgan fingerprint density at radius 3 is 2.56 bits per heavy atom. The molecule has 2 unspecified atom stereocenters. The minimum absolute atomic E-state index is 0.182. The Bertz CT molecular complexity index is 390. The van der Waals surface area contributed by atoms with Gasteiger partial charge in [0, 0.05) is 30.2 Å². The average Bonchev–Trinajstić information content (AvgIpc) is 2.68. The molecule has 2 N–H and O–H groups in total. The highest BCUT2D eigenvalue weighted by Crippen LogP contribution is 2.38. The van der Waals surface area contributed by atoms with Gasteiger partial charge in [0.05, 0.1) is 0 Å². The van der Waals surface area contributed by atoms with Crippen LogP contribution in [0.5, 0.6) is 0 Å². The van der Waals surface area contributed by atoms with Crippen LogP contribution in [0.3, 0.4) is 0 Å². The molecule has 2 nitrogen and oxygen atoms in total. The van der Waals surface area contributed by atoms with Crippen LogP contribution in [0.15, 0.2) is 24.3 Å². The molecule has 0 aliphatic heterocycles. The van der Waals surface area contributed by atoms with E-state index in [1.165, 1.54) is 25.0 Å². The van der Waals surface area contributed by atoms with Gasteiger partial charge in [-0.15, -0.1) is 0 Å². The van der Waals surface area contributed by atoms with Crippen molar-refractivity contribution in [3.8, 4) is 0 Å². The van der Waals surface area contributed by atoms with Crippen LogP contribution in [0, 0.1) is 11.2 Å². The van der Waals surface area contributed by atoms with E-state index in [0.717, 1.165) is 25.2 Å². The quantitative estimate of drug-likeness (QED) is 0.889. The van der Waals surface area contributed by atoms with Gasteiger partial charge in [0.1, 0.15) is 5.82 Å². The van der Waals surface area contributed by atoms with E-state index in [9.17, 15) is 4.39 Å². The average molecular weight is 250 g/mol. The van der Waals surface area contributed by atoms with Gasteiger partial charge < -0.3 is 10.6 Å². The Balaban J connectivity index is 2.12. The number of halogens is 1. The molecule has 0 bridgehead atoms. The number of rotatable bonds is 4. The fraction of sp³-hybridized carbons (Fsp3) is 0.600. The third kappa shape index (κ3) is 2.66. The van der Waals surface area contributed by atoms with E-state index in [-0.39, 0.29) is 17.3 Å². The summed E-state index contributed by atoms with van der Waals surface area (Å²) >= 11 is 0. The highest BCUT2D eigenvalue weighted by atomic mass is 19.1. The van der Waals surface area contributed by atoms with Gasteiger partial charge in [0.25, 0.3) is 0 Å². The van der Waals surface area contributed by atoms with Crippen molar-refractivity contribution in [3.63, 3.8) is 0 Å². The van der Waals surface area contributed by atoms with E-state index in [4.69, 9.17) is 5.73 Å². The van der Waals surface area contributed by atoms with Crippen molar-refractivity contribution in [1.82, 2.24) is 0 Å². The van der Waals surface area contributed by atoms with Gasteiger partial charge in [-0.1, -0.05) is 13.3 Å². The summed E-state index contributed by atoms with van der Waals surface area (Å²) in [6.07, 6.45) is 3.53. The van der Waals surface area contributed by atoms with Crippen LogP contribution >= 0.6 is 0 Å². The fourth-order valence-corrected chi connectivity index (χ4v) is 2.93. The number of nitrogens with zero attached hydrogens (tertiary/aromatic N) is 1. The third-order valence-corrected chi connectivity index (χ3v) is 4.28. The van der Waals surface area contributed by atoms with E-state index >= 15 is 0 Å². The lowest BCUT2D eigenvalue weighted by Crippen LogP contribution is -2.44. The molecular formula is C15H23FN2. The molecule has 0 heterocycles. The predicted octanol–water partition coefficient (Wildman–Crippen LogP) is 3.17. The third-order valence-electron chi connectivity index (χ3n) is 4.28. The molecule has 0 amide bonds. The van der Waals surface area contributed by atoms with E-state index in [2.05, 4.69) is 18.7 Å². The first kappa shape index (κ1) is 13.3. The molecule has 2 rings (SSSR count). The van der Waals surface area contributed by atoms with Crippen molar-refractivity contribution in [1.29, 1.82) is 0 Å². The second kappa shape index (κ2) is 5.27. The lowest BCUT2D eigenvalue weighted by Gasteiger charge is -2.36. The van der Waals surface area contributed by atoms with Gasteiger partial charge in [-0.3, -0.25) is 0 Å². The first-order chi connectivity index (χ1) is 8.55. The van der Waals surface area contributed by atoms with Crippen molar-refractivity contribution < 1.29 is 4.39 Å². The Kier molecular flexibility index (Phi) is 3.91. The molecule has 2 atom stereocenters. The van der Waals surface area contributed by atoms with Crippen LogP contribution < -0.4 is 10.6 Å². The second-order valence-electron chi connectivity index (χ2n) is 5.64. The maximum Gasteiger partial charge on any atom is 0.123 e. The summed E-state index contributed by atoms with van der Waals surface area (Å²) in [5, 5.41) is 0. The zero-order valence-corrected chi connectivity index (χ0v) is 11.3. The zero-order chi connectivity index (χ0) is 13.2. The molecular weight excluding hydrogens is 227 g/mol. The monoisotopic (exact) mass is 250 g/mol. The van der Waals surface area contributed by atoms with Crippen LogP contribution in [0.25, 0.3) is 0 Å². The van der Waals surface area contributed by atoms with E-state index in [1.807, 2.05) is 12.1 Å². The van der Waals surface area contributed by atoms with Crippen LogP contribution in [0.1, 0.15) is 33.1 Å². The van der Waals surface area contributed by atoms with Gasteiger partial charge in [-0.05, 0) is 44.0 Å². The summed E-state index contributed by atoms with van der Waals surface area (Å²) in [4.78, 5) is 2.30. The number of hydrogen-bond donors (Lipinski definition) is 1. The van der Waals surface area contributed by atoms with Gasteiger partial charge in [0.2, 0.25) is 0 Å². The zero-order valence-electron chi connectivity index (χ0n) is 11.3. The Morgan fingerprint density at radius 1 is 1.39 bits per heavy atom. The molecule has 3 heteroatoms. The Morgan fingerprint density at radius 2 is 2.06 bits per heavy atom. The lowest BCUT2D eigenvalue weighted by molar-refractivity contribution is 0.298. The SMILES string of the molecule is CCN(CC1(C)CCCC1N)c1ccc(F)cc1. The maximum absolute atomic E-state index is 13.0. The van der Waals surface area contributed by atoms with Crippen molar-refractivity contribution in [3.05, 3.63) is 30.1 Å². The Labute approximate surface area is 109 Å². The maximum atomic E-state index is 13.0. The molecule has 100 valence electrons. The first-order valence-corrected chi connectivity index (χ1v) is 6.81. The van der Waals surface area contributed by atoms with Crippen molar-refractivity contribution in [2.75, 3.05) is 18.0 Å². The van der Waals surface area contributed by atoms with Gasteiger partial charge in [-0.2, -0.15) is 0 Å². The van der Waals surface area contributed by atoms with E-state index in [0.29, 0.717) is 0 Å². The minimum atomic E-state index is -0.182. The molecule has 1 fully saturated rings. The molecule has 1 aliphatic carbocycles. The van der Waals surface area contributed by atoms with Gasteiger partial charge in [-0.25, -0.2) is 4.39 Å². The summed E-state index contributed by atoms with van der Waals surface area (Å²) in [6, 6.07) is 7.03. The van der Waals surface area contributed by atoms with Crippen LogP contribution in [-0.4, -0.2) is 19.1 Å². The molecule has 1 aliphatic rings. The summed E-state index contributed by atoms with van der Waals surface area (Å²) in [5.74, 6) is -0.182. The molecule has 1 aromatic carbocycles. The van der Waals surface area contributed by atoms with Gasteiger partial charge >= 0.3 is 0 Å². The summed E-state index contributed by atoms with van der Waals surface area (Å²) in [5.41, 5.74) is 7.50. The molecule has 0 radical (unpaired) electrons. The molecule has 1 saturated carbocycles. The largest absolute Gasteiger partial charge is 0.371 e. The summed E-state index contributed by atoms with van der Waals surface area (Å²) < 4.78 is 13.0. The molecule has 18 heavy (non-hydrogen) atoms. The molecule has 0 saturated heterocycles. The number of hydrogen-bond acceptors (Lipinski definition) is 2. The Hall–Kier alpha value is -1.09. The smallest absolute Gasteiger partial charge is 0.123 e. The van der Waals surface area contributed by atoms with Crippen molar-refractivity contribution in [2.24, 2.45) is 11.1 Å². The summed E-state index contributed by atoms with van der Waals surface area (Å²) in [6.45, 7) is 6.29. The van der Waals surface area contributed by atoms with Crippen molar-refractivity contribution >= 4 is 5.69 Å². The van der Waals surface area contributed by atoms with Gasteiger partial charge in [0.15, 0.2) is 0 Å². The number of benzene rings is 1. The highest BCUT2D eigenvalue weighted by Gasteiger charge is 2.37. The van der Waals surface area contributed by atoms with Crippen LogP contribution in [0.2, 0.25) is 0 Å². The predicted molar refractivity (Wildman–Crippen MR) is 74.2 cm³/mol. The highest BCUT2D eigenvalue weighted by molar-refractivity contribution is 5.46. The minimum Gasteiger partial charge on any atom is -0.371 e. The second-order valence-corrected chi connectivity index (χ2v) is 5.64. The molecule has 0 spiro atoms. The molecule has 0 aromatic heterocycles. The van der Waals surface area contributed by atoms with E-state index in [1.54, 1.807) is 0 Å². The van der Waals surface area contributed by atoms with Crippen LogP contribution in [-0.2, 0) is 0 Å². The first-order valence-electron chi connectivity index (χ1n) is 6.81. The fourth-order valence-electron chi connectivity index (χ4n) is 2.93. The number of anilines is 1. The topological polar surface area (TPSA) is 29.3 Å². The summed E-state index contributed by atoms with van der Waals surface area (Å²) in [7, 11) is 0. The van der Waals surface area contributed by atoms with E-state index < -0.39 is 0 Å². The standard InChI is InChI=1S/C15H23FN2/c1-3-18(13-8-6-12(16)7-9-13)11-15(2)10-4-5-14(15)17/h6-9,14H,3-5,10-11,17H2,1-2H3. The number of nitrogens with two attached hydrogens (primary N) is 1. The lowest BCUT2D eigenvalue weighted by atomic mass is 9.84. The normalized spacial score (nSPS) is 27.4. The molecule has 1 aromatic rings.